The van der Waals surface area contributed by atoms with Crippen LogP contribution in [0.25, 0.3) is 16.9 Å². The topological polar surface area (TPSA) is 56.2 Å². The normalized spacial score (nSPS) is 14.6. The van der Waals surface area contributed by atoms with Crippen LogP contribution < -0.4 is 10.1 Å². The third kappa shape index (κ3) is 3.72. The molecular formula is C22H23N3O2. The van der Waals surface area contributed by atoms with Crippen LogP contribution in [-0.2, 0) is 0 Å². The van der Waals surface area contributed by atoms with Gasteiger partial charge in [0.05, 0.1) is 18.4 Å². The SMILES string of the molecule is COc1ccc(-c2nn(-c3ccccc3)cc2C(=O)N[C@@H](C)C2CC2)cc1. The number of amides is 1. The second-order valence-electron chi connectivity index (χ2n) is 7.00. The molecule has 0 radical (unpaired) electrons. The van der Waals surface area contributed by atoms with E-state index in [1.54, 1.807) is 11.8 Å². The highest BCUT2D eigenvalue weighted by Crippen LogP contribution is 2.33. The number of ether oxygens (including phenoxy) is 1. The van der Waals surface area contributed by atoms with Crippen molar-refractivity contribution in [3.8, 4) is 22.7 Å². The Balaban J connectivity index is 1.72. The average molecular weight is 361 g/mol. The molecule has 1 saturated carbocycles. The first kappa shape index (κ1) is 17.3. The quantitative estimate of drug-likeness (QED) is 0.720. The molecule has 0 saturated heterocycles. The molecule has 1 N–H and O–H groups in total. The van der Waals surface area contributed by atoms with Crippen LogP contribution in [0.15, 0.2) is 60.8 Å². The Morgan fingerprint density at radius 3 is 2.48 bits per heavy atom. The van der Waals surface area contributed by atoms with Crippen molar-refractivity contribution in [2.75, 3.05) is 7.11 Å². The van der Waals surface area contributed by atoms with Gasteiger partial charge in [-0.3, -0.25) is 4.79 Å². The van der Waals surface area contributed by atoms with Crippen LogP contribution in [0.2, 0.25) is 0 Å². The molecule has 3 aromatic rings. The molecule has 0 bridgehead atoms. The highest BCUT2D eigenvalue weighted by Gasteiger charge is 2.30. The van der Waals surface area contributed by atoms with Gasteiger partial charge in [0.2, 0.25) is 0 Å². The summed E-state index contributed by atoms with van der Waals surface area (Å²) in [6.45, 7) is 2.07. The minimum atomic E-state index is -0.0811. The van der Waals surface area contributed by atoms with Gasteiger partial charge in [-0.1, -0.05) is 18.2 Å². The number of hydrogen-bond acceptors (Lipinski definition) is 3. The van der Waals surface area contributed by atoms with E-state index in [2.05, 4.69) is 12.2 Å². The second-order valence-corrected chi connectivity index (χ2v) is 7.00. The maximum atomic E-state index is 13.0. The third-order valence-corrected chi connectivity index (χ3v) is 5.03. The highest BCUT2D eigenvalue weighted by molar-refractivity contribution is 6.00. The number of rotatable bonds is 6. The lowest BCUT2D eigenvalue weighted by molar-refractivity contribution is 0.0936. The Bertz CT molecular complexity index is 928. The lowest BCUT2D eigenvalue weighted by Gasteiger charge is -2.12. The van der Waals surface area contributed by atoms with Gasteiger partial charge in [0.25, 0.3) is 5.91 Å². The number of nitrogens with one attached hydrogen (secondary N) is 1. The van der Waals surface area contributed by atoms with Crippen molar-refractivity contribution in [3.05, 3.63) is 66.4 Å². The number of nitrogens with zero attached hydrogens (tertiary/aromatic N) is 2. The van der Waals surface area contributed by atoms with Crippen LogP contribution in [0.1, 0.15) is 30.1 Å². The molecule has 1 atom stereocenters. The zero-order valence-electron chi connectivity index (χ0n) is 15.6. The van der Waals surface area contributed by atoms with Gasteiger partial charge in [-0.25, -0.2) is 4.68 Å². The van der Waals surface area contributed by atoms with Crippen molar-refractivity contribution in [1.29, 1.82) is 0 Å². The number of methoxy groups -OCH3 is 1. The fourth-order valence-corrected chi connectivity index (χ4v) is 3.21. The summed E-state index contributed by atoms with van der Waals surface area (Å²) in [5.41, 5.74) is 3.05. The van der Waals surface area contributed by atoms with E-state index < -0.39 is 0 Å². The van der Waals surface area contributed by atoms with E-state index >= 15 is 0 Å². The number of benzene rings is 2. The van der Waals surface area contributed by atoms with Gasteiger partial charge in [-0.15, -0.1) is 0 Å². The van der Waals surface area contributed by atoms with E-state index in [1.165, 1.54) is 12.8 Å². The molecular weight excluding hydrogens is 338 g/mol. The number of para-hydroxylation sites is 1. The molecule has 2 aromatic carbocycles. The standard InChI is InChI=1S/C22H23N3O2/c1-15(16-8-9-16)23-22(26)20-14-25(18-6-4-3-5-7-18)24-21(20)17-10-12-19(27-2)13-11-17/h3-7,10-16H,8-9H2,1-2H3,(H,23,26)/t15-/m0/s1. The molecule has 0 aliphatic heterocycles. The van der Waals surface area contributed by atoms with Gasteiger partial charge >= 0.3 is 0 Å². The van der Waals surface area contributed by atoms with E-state index in [-0.39, 0.29) is 11.9 Å². The minimum absolute atomic E-state index is 0.0811. The van der Waals surface area contributed by atoms with Gasteiger partial charge in [0, 0.05) is 17.8 Å². The van der Waals surface area contributed by atoms with E-state index in [9.17, 15) is 4.79 Å². The zero-order chi connectivity index (χ0) is 18.8. The lowest BCUT2D eigenvalue weighted by atomic mass is 10.1. The molecule has 5 nitrogen and oxygen atoms in total. The van der Waals surface area contributed by atoms with Crippen molar-refractivity contribution < 1.29 is 9.53 Å². The molecule has 5 heteroatoms. The van der Waals surface area contributed by atoms with Crippen molar-refractivity contribution in [1.82, 2.24) is 15.1 Å². The van der Waals surface area contributed by atoms with E-state index in [0.717, 1.165) is 17.0 Å². The molecule has 138 valence electrons. The second kappa shape index (κ2) is 7.27. The molecule has 1 heterocycles. The Kier molecular flexibility index (Phi) is 4.67. The number of carbonyl (C=O) groups is 1. The summed E-state index contributed by atoms with van der Waals surface area (Å²) >= 11 is 0. The van der Waals surface area contributed by atoms with Crippen molar-refractivity contribution in [3.63, 3.8) is 0 Å². The van der Waals surface area contributed by atoms with Crippen molar-refractivity contribution in [2.45, 2.75) is 25.8 Å². The number of aromatic nitrogens is 2. The molecule has 0 unspecified atom stereocenters. The van der Waals surface area contributed by atoms with Crippen molar-refractivity contribution >= 4 is 5.91 Å². The molecule has 1 amide bonds. The Labute approximate surface area is 159 Å². The fourth-order valence-electron chi connectivity index (χ4n) is 3.21. The number of carbonyl (C=O) groups excluding carboxylic acids is 1. The summed E-state index contributed by atoms with van der Waals surface area (Å²) in [7, 11) is 1.64. The lowest BCUT2D eigenvalue weighted by Crippen LogP contribution is -2.34. The first-order valence-corrected chi connectivity index (χ1v) is 9.26. The molecule has 1 aliphatic carbocycles. The third-order valence-electron chi connectivity index (χ3n) is 5.03. The molecule has 1 aliphatic rings. The maximum Gasteiger partial charge on any atom is 0.255 e. The van der Waals surface area contributed by atoms with Gasteiger partial charge in [0.1, 0.15) is 11.4 Å². The van der Waals surface area contributed by atoms with Gasteiger partial charge in [-0.05, 0) is 62.1 Å². The molecule has 1 fully saturated rings. The molecule has 27 heavy (non-hydrogen) atoms. The van der Waals surface area contributed by atoms with Gasteiger partial charge in [-0.2, -0.15) is 5.10 Å². The highest BCUT2D eigenvalue weighted by atomic mass is 16.5. The summed E-state index contributed by atoms with van der Waals surface area (Å²) in [6, 6.07) is 17.6. The summed E-state index contributed by atoms with van der Waals surface area (Å²) in [5, 5.41) is 7.85. The van der Waals surface area contributed by atoms with E-state index in [1.807, 2.05) is 60.8 Å². The van der Waals surface area contributed by atoms with Crippen LogP contribution in [-0.4, -0.2) is 28.8 Å². The predicted molar refractivity (Wildman–Crippen MR) is 105 cm³/mol. The van der Waals surface area contributed by atoms with Crippen LogP contribution in [0.3, 0.4) is 0 Å². The Hall–Kier alpha value is -3.08. The maximum absolute atomic E-state index is 13.0. The van der Waals surface area contributed by atoms with E-state index in [4.69, 9.17) is 9.84 Å². The van der Waals surface area contributed by atoms with Gasteiger partial charge in [0.15, 0.2) is 0 Å². The van der Waals surface area contributed by atoms with Crippen LogP contribution in [0, 0.1) is 5.92 Å². The number of hydrogen-bond donors (Lipinski definition) is 1. The largest absolute Gasteiger partial charge is 0.497 e. The van der Waals surface area contributed by atoms with Crippen LogP contribution in [0.5, 0.6) is 5.75 Å². The van der Waals surface area contributed by atoms with Gasteiger partial charge < -0.3 is 10.1 Å². The van der Waals surface area contributed by atoms with Crippen molar-refractivity contribution in [2.24, 2.45) is 5.92 Å². The summed E-state index contributed by atoms with van der Waals surface area (Å²) in [5.74, 6) is 1.29. The van der Waals surface area contributed by atoms with Crippen LogP contribution in [0.4, 0.5) is 0 Å². The monoisotopic (exact) mass is 361 g/mol. The zero-order valence-corrected chi connectivity index (χ0v) is 15.6. The Morgan fingerprint density at radius 2 is 1.85 bits per heavy atom. The fraction of sp³-hybridized carbons (Fsp3) is 0.273. The van der Waals surface area contributed by atoms with Crippen LogP contribution >= 0.6 is 0 Å². The average Bonchev–Trinajstić information content (AvgIpc) is 3.47. The van der Waals surface area contributed by atoms with E-state index in [0.29, 0.717) is 17.2 Å². The molecule has 4 rings (SSSR count). The first-order chi connectivity index (χ1) is 13.2. The first-order valence-electron chi connectivity index (χ1n) is 9.26. The summed E-state index contributed by atoms with van der Waals surface area (Å²) in [6.07, 6.45) is 4.19. The molecule has 0 spiro atoms. The summed E-state index contributed by atoms with van der Waals surface area (Å²) < 4.78 is 7.00. The summed E-state index contributed by atoms with van der Waals surface area (Å²) in [4.78, 5) is 13.0. The molecule has 1 aromatic heterocycles. The Morgan fingerprint density at radius 1 is 1.15 bits per heavy atom. The minimum Gasteiger partial charge on any atom is -0.497 e. The smallest absolute Gasteiger partial charge is 0.255 e. The predicted octanol–water partition coefficient (Wildman–Crippen LogP) is 4.08.